The smallest absolute Gasteiger partial charge is 0.303 e. The highest BCUT2D eigenvalue weighted by Crippen LogP contribution is 2.08. The van der Waals surface area contributed by atoms with Crippen molar-refractivity contribution in [2.45, 2.75) is 65.2 Å². The van der Waals surface area contributed by atoms with Crippen LogP contribution < -0.4 is 0 Å². The van der Waals surface area contributed by atoms with E-state index in [0.717, 1.165) is 38.5 Å². The number of hydrogen-bond donors (Lipinski definition) is 1. The van der Waals surface area contributed by atoms with E-state index in [1.165, 1.54) is 0 Å². The van der Waals surface area contributed by atoms with Crippen molar-refractivity contribution in [2.24, 2.45) is 0 Å². The third-order valence-corrected chi connectivity index (χ3v) is 2.23. The van der Waals surface area contributed by atoms with Crippen LogP contribution in [0.2, 0.25) is 0 Å². The van der Waals surface area contributed by atoms with Crippen molar-refractivity contribution in [3.05, 3.63) is 10.1 Å². The van der Waals surface area contributed by atoms with E-state index >= 15 is 0 Å². The average Bonchev–Trinajstić information content (AvgIpc) is 2.33. The Hall–Kier alpha value is -1.33. The minimum Gasteiger partial charge on any atom is -0.481 e. The fourth-order valence-electron chi connectivity index (χ4n) is 1.40. The molecule has 0 saturated heterocycles. The van der Waals surface area contributed by atoms with E-state index < -0.39 is 11.1 Å². The fraction of sp³-hybridized carbons (Fsp3) is 0.917. The molecule has 0 aliphatic rings. The molecule has 18 heavy (non-hydrogen) atoms. The largest absolute Gasteiger partial charge is 0.481 e. The normalized spacial score (nSPS) is 9.22. The molecule has 1 N–H and O–H groups in total. The monoisotopic (exact) mass is 263 g/mol. The maximum atomic E-state index is 10.2. The standard InChI is InChI=1S/C10H19NO5.C2H6/c12-10(13)8-6-4-2-1-3-5-7-9-16-11(14)15;1-2/h1-9H2,(H,12,13);1-2H3. The zero-order chi connectivity index (χ0) is 14.2. The summed E-state index contributed by atoms with van der Waals surface area (Å²) < 4.78 is 0. The lowest BCUT2D eigenvalue weighted by atomic mass is 10.1. The summed E-state index contributed by atoms with van der Waals surface area (Å²) in [5, 5.41) is 17.4. The highest BCUT2D eigenvalue weighted by molar-refractivity contribution is 5.66. The van der Waals surface area contributed by atoms with Crippen molar-refractivity contribution in [3.8, 4) is 0 Å². The number of nitrogens with zero attached hydrogens (tertiary/aromatic N) is 1. The first-order valence-electron chi connectivity index (χ1n) is 6.62. The molecule has 0 atom stereocenters. The SMILES string of the molecule is CC.O=C(O)CCCCCCCCCO[N+](=O)[O-]. The second-order valence-corrected chi connectivity index (χ2v) is 3.68. The van der Waals surface area contributed by atoms with Gasteiger partial charge in [-0.1, -0.05) is 46.0 Å². The Morgan fingerprint density at radius 2 is 1.50 bits per heavy atom. The van der Waals surface area contributed by atoms with E-state index in [9.17, 15) is 14.9 Å². The van der Waals surface area contributed by atoms with Crippen molar-refractivity contribution >= 4 is 5.97 Å². The van der Waals surface area contributed by atoms with Crippen LogP contribution in [0.4, 0.5) is 0 Å². The zero-order valence-electron chi connectivity index (χ0n) is 11.4. The van der Waals surface area contributed by atoms with Crippen LogP contribution in [-0.2, 0) is 9.63 Å². The summed E-state index contributed by atoms with van der Waals surface area (Å²) in [4.78, 5) is 24.2. The van der Waals surface area contributed by atoms with Crippen LogP contribution in [-0.4, -0.2) is 22.8 Å². The van der Waals surface area contributed by atoms with E-state index in [-0.39, 0.29) is 13.0 Å². The molecule has 0 amide bonds. The predicted molar refractivity (Wildman–Crippen MR) is 68.9 cm³/mol. The topological polar surface area (TPSA) is 89.7 Å². The Morgan fingerprint density at radius 1 is 1.06 bits per heavy atom. The van der Waals surface area contributed by atoms with Gasteiger partial charge in [-0.05, 0) is 12.8 Å². The summed E-state index contributed by atoms with van der Waals surface area (Å²) in [6.07, 6.45) is 6.66. The van der Waals surface area contributed by atoms with Gasteiger partial charge in [0.15, 0.2) is 0 Å². The molecular weight excluding hydrogens is 238 g/mol. The molecule has 0 aromatic rings. The molecule has 0 fully saturated rings. The molecule has 0 aromatic carbocycles. The minimum absolute atomic E-state index is 0.173. The molecular formula is C12H25NO5. The van der Waals surface area contributed by atoms with Crippen molar-refractivity contribution in [3.63, 3.8) is 0 Å². The maximum absolute atomic E-state index is 10.2. The van der Waals surface area contributed by atoms with E-state index in [4.69, 9.17) is 5.11 Å². The van der Waals surface area contributed by atoms with Crippen molar-refractivity contribution in [1.82, 2.24) is 0 Å². The lowest BCUT2D eigenvalue weighted by molar-refractivity contribution is -0.757. The summed E-state index contributed by atoms with van der Waals surface area (Å²) in [5.74, 6) is -0.739. The molecule has 0 rings (SSSR count). The molecule has 0 unspecified atom stereocenters. The van der Waals surface area contributed by atoms with Gasteiger partial charge in [0.1, 0.15) is 0 Å². The Labute approximate surface area is 108 Å². The Kier molecular flexibility index (Phi) is 16.6. The van der Waals surface area contributed by atoms with Crippen LogP contribution >= 0.6 is 0 Å². The molecule has 0 heterocycles. The third kappa shape index (κ3) is 20.1. The number of carboxylic acids is 1. The van der Waals surface area contributed by atoms with Gasteiger partial charge in [-0.3, -0.25) is 4.79 Å². The van der Waals surface area contributed by atoms with E-state index in [1.807, 2.05) is 13.8 Å². The Balaban J connectivity index is 0. The molecule has 0 bridgehead atoms. The van der Waals surface area contributed by atoms with Gasteiger partial charge in [0, 0.05) is 6.42 Å². The second-order valence-electron chi connectivity index (χ2n) is 3.68. The van der Waals surface area contributed by atoms with E-state index in [2.05, 4.69) is 4.84 Å². The number of carboxylic acid groups (broad SMARTS) is 1. The molecule has 0 aliphatic carbocycles. The summed E-state index contributed by atoms with van der Waals surface area (Å²) in [6, 6.07) is 0. The van der Waals surface area contributed by atoms with E-state index in [0.29, 0.717) is 6.42 Å². The molecule has 0 aliphatic heterocycles. The predicted octanol–water partition coefficient (Wildman–Crippen LogP) is 3.43. The van der Waals surface area contributed by atoms with Gasteiger partial charge in [0.05, 0.1) is 6.61 Å². The molecule has 0 saturated carbocycles. The van der Waals surface area contributed by atoms with E-state index in [1.54, 1.807) is 0 Å². The average molecular weight is 263 g/mol. The van der Waals surface area contributed by atoms with Crippen LogP contribution in [0, 0.1) is 10.1 Å². The number of carbonyl (C=O) groups is 1. The van der Waals surface area contributed by atoms with Gasteiger partial charge in [-0.25, -0.2) is 0 Å². The zero-order valence-corrected chi connectivity index (χ0v) is 11.4. The molecule has 0 aromatic heterocycles. The Bertz CT molecular complexity index is 187. The summed E-state index contributed by atoms with van der Waals surface area (Å²) in [6.45, 7) is 4.17. The highest BCUT2D eigenvalue weighted by atomic mass is 16.9. The maximum Gasteiger partial charge on any atom is 0.303 e. The van der Waals surface area contributed by atoms with Crippen LogP contribution in [0.15, 0.2) is 0 Å². The van der Waals surface area contributed by atoms with Gasteiger partial charge in [-0.15, -0.1) is 10.1 Å². The highest BCUT2D eigenvalue weighted by Gasteiger charge is 1.97. The number of rotatable bonds is 11. The van der Waals surface area contributed by atoms with Gasteiger partial charge in [0.2, 0.25) is 0 Å². The first-order valence-corrected chi connectivity index (χ1v) is 6.62. The first kappa shape index (κ1) is 19.0. The van der Waals surface area contributed by atoms with Gasteiger partial charge in [-0.2, -0.15) is 0 Å². The van der Waals surface area contributed by atoms with Gasteiger partial charge < -0.3 is 9.94 Å². The first-order chi connectivity index (χ1) is 8.63. The van der Waals surface area contributed by atoms with Crippen molar-refractivity contribution < 1.29 is 19.8 Å². The molecule has 0 radical (unpaired) electrons. The molecule has 6 nitrogen and oxygen atoms in total. The molecule has 0 spiro atoms. The van der Waals surface area contributed by atoms with Crippen LogP contribution in [0.3, 0.4) is 0 Å². The molecule has 108 valence electrons. The van der Waals surface area contributed by atoms with Crippen molar-refractivity contribution in [1.29, 1.82) is 0 Å². The van der Waals surface area contributed by atoms with Crippen LogP contribution in [0.5, 0.6) is 0 Å². The lowest BCUT2D eigenvalue weighted by Crippen LogP contribution is -2.01. The summed E-state index contributed by atoms with van der Waals surface area (Å²) in [5.41, 5.74) is 0. The van der Waals surface area contributed by atoms with Gasteiger partial charge >= 0.3 is 5.97 Å². The number of hydrogen-bond acceptors (Lipinski definition) is 4. The van der Waals surface area contributed by atoms with Crippen LogP contribution in [0.25, 0.3) is 0 Å². The second kappa shape index (κ2) is 15.7. The quantitative estimate of drug-likeness (QED) is 0.350. The summed E-state index contributed by atoms with van der Waals surface area (Å²) >= 11 is 0. The van der Waals surface area contributed by atoms with Crippen molar-refractivity contribution in [2.75, 3.05) is 6.61 Å². The fourth-order valence-corrected chi connectivity index (χ4v) is 1.40. The molecule has 6 heteroatoms. The number of unbranched alkanes of at least 4 members (excludes halogenated alkanes) is 6. The van der Waals surface area contributed by atoms with Crippen LogP contribution in [0.1, 0.15) is 65.2 Å². The third-order valence-electron chi connectivity index (χ3n) is 2.23. The van der Waals surface area contributed by atoms with Gasteiger partial charge in [0.25, 0.3) is 5.09 Å². The Morgan fingerprint density at radius 3 is 1.94 bits per heavy atom. The number of aliphatic carboxylic acids is 1. The lowest BCUT2D eigenvalue weighted by Gasteiger charge is -2.00. The minimum atomic E-state index is -0.772. The summed E-state index contributed by atoms with van der Waals surface area (Å²) in [7, 11) is 0.